The van der Waals surface area contributed by atoms with E-state index in [1.165, 1.54) is 36.3 Å². The standard InChI is InChI=1S/C24H24F2N2O5/c1-32-19-6-5-17(26)14-18(19)22(29)20-21(15-3-2-4-16(25)13-15)28(24(31)23(20)30)8-7-27-9-11-33-12-10-27/h2-6,13-14,21,29H,7-12H2,1H3/b22-20+/t21-/m1/s1. The smallest absolute Gasteiger partial charge is 0.295 e. The molecule has 1 atom stereocenters. The van der Waals surface area contributed by atoms with Gasteiger partial charge in [0.1, 0.15) is 23.1 Å². The highest BCUT2D eigenvalue weighted by Gasteiger charge is 2.46. The molecule has 0 spiro atoms. The molecule has 2 heterocycles. The second-order valence-corrected chi connectivity index (χ2v) is 7.85. The van der Waals surface area contributed by atoms with E-state index in [-0.39, 0.29) is 23.4 Å². The zero-order valence-electron chi connectivity index (χ0n) is 18.1. The molecule has 0 aromatic heterocycles. The van der Waals surface area contributed by atoms with E-state index >= 15 is 0 Å². The Morgan fingerprint density at radius 3 is 2.52 bits per heavy atom. The van der Waals surface area contributed by atoms with E-state index in [1.54, 1.807) is 6.07 Å². The van der Waals surface area contributed by atoms with Gasteiger partial charge in [-0.2, -0.15) is 0 Å². The van der Waals surface area contributed by atoms with Gasteiger partial charge in [-0.1, -0.05) is 12.1 Å². The number of carbonyl (C=O) groups is 2. The second kappa shape index (κ2) is 9.68. The molecule has 2 aromatic rings. The van der Waals surface area contributed by atoms with E-state index in [0.29, 0.717) is 38.4 Å². The quantitative estimate of drug-likeness (QED) is 0.408. The predicted octanol–water partition coefficient (Wildman–Crippen LogP) is 2.73. The molecule has 33 heavy (non-hydrogen) atoms. The SMILES string of the molecule is COc1ccc(F)cc1/C(O)=C1\C(=O)C(=O)N(CCN2CCOCC2)[C@@H]1c1cccc(F)c1. The third-order valence-electron chi connectivity index (χ3n) is 5.88. The lowest BCUT2D eigenvalue weighted by molar-refractivity contribution is -0.140. The molecule has 2 aliphatic heterocycles. The third-order valence-corrected chi connectivity index (χ3v) is 5.88. The molecule has 9 heteroatoms. The minimum atomic E-state index is -1.03. The Labute approximate surface area is 189 Å². The maximum absolute atomic E-state index is 14.1. The molecule has 2 saturated heterocycles. The fourth-order valence-electron chi connectivity index (χ4n) is 4.22. The first-order chi connectivity index (χ1) is 15.9. The number of Topliss-reactive ketones (excluding diaryl/α,β-unsaturated/α-hetero) is 1. The molecular weight excluding hydrogens is 434 g/mol. The zero-order chi connectivity index (χ0) is 23.5. The van der Waals surface area contributed by atoms with E-state index in [9.17, 15) is 23.5 Å². The number of halogens is 2. The van der Waals surface area contributed by atoms with E-state index in [0.717, 1.165) is 12.1 Å². The summed E-state index contributed by atoms with van der Waals surface area (Å²) in [6, 6.07) is 7.98. The van der Waals surface area contributed by atoms with Crippen LogP contribution in [0.5, 0.6) is 5.75 Å². The maximum Gasteiger partial charge on any atom is 0.295 e. The molecule has 0 unspecified atom stereocenters. The Hall–Kier alpha value is -3.30. The molecule has 4 rings (SSSR count). The van der Waals surface area contributed by atoms with Crippen molar-refractivity contribution in [1.29, 1.82) is 0 Å². The van der Waals surface area contributed by atoms with Crippen molar-refractivity contribution in [3.63, 3.8) is 0 Å². The number of aliphatic hydroxyl groups excluding tert-OH is 1. The highest BCUT2D eigenvalue weighted by atomic mass is 19.1. The van der Waals surface area contributed by atoms with Gasteiger partial charge in [-0.3, -0.25) is 14.5 Å². The molecule has 0 saturated carbocycles. The van der Waals surface area contributed by atoms with Crippen molar-refractivity contribution < 1.29 is 33.0 Å². The number of amides is 1. The number of hydrogen-bond donors (Lipinski definition) is 1. The van der Waals surface area contributed by atoms with Crippen LogP contribution in [0.1, 0.15) is 17.2 Å². The molecule has 0 radical (unpaired) electrons. The average Bonchev–Trinajstić information content (AvgIpc) is 3.07. The third kappa shape index (κ3) is 4.60. The van der Waals surface area contributed by atoms with E-state index < -0.39 is 35.1 Å². The van der Waals surface area contributed by atoms with Gasteiger partial charge in [-0.25, -0.2) is 8.78 Å². The normalized spacial score (nSPS) is 20.9. The zero-order valence-corrected chi connectivity index (χ0v) is 18.1. The molecule has 2 aromatic carbocycles. The van der Waals surface area contributed by atoms with Crippen molar-refractivity contribution in [3.8, 4) is 5.75 Å². The van der Waals surface area contributed by atoms with Gasteiger partial charge in [-0.15, -0.1) is 0 Å². The molecule has 0 aliphatic carbocycles. The molecule has 1 N–H and O–H groups in total. The number of aliphatic hydroxyl groups is 1. The van der Waals surface area contributed by atoms with Crippen LogP contribution in [-0.2, 0) is 14.3 Å². The van der Waals surface area contributed by atoms with E-state index in [4.69, 9.17) is 9.47 Å². The number of carbonyl (C=O) groups excluding carboxylic acids is 2. The van der Waals surface area contributed by atoms with Crippen molar-refractivity contribution in [2.75, 3.05) is 46.5 Å². The Balaban J connectivity index is 1.79. The summed E-state index contributed by atoms with van der Waals surface area (Å²) in [5, 5.41) is 11.1. The summed E-state index contributed by atoms with van der Waals surface area (Å²) in [6.45, 7) is 3.19. The van der Waals surface area contributed by atoms with Gasteiger partial charge < -0.3 is 19.5 Å². The van der Waals surface area contributed by atoms with Crippen molar-refractivity contribution in [3.05, 3.63) is 70.8 Å². The Morgan fingerprint density at radius 1 is 1.09 bits per heavy atom. The van der Waals surface area contributed by atoms with Crippen molar-refractivity contribution in [1.82, 2.24) is 9.80 Å². The Kier molecular flexibility index (Phi) is 6.71. The van der Waals surface area contributed by atoms with E-state index in [1.807, 2.05) is 0 Å². The maximum atomic E-state index is 14.1. The van der Waals surface area contributed by atoms with E-state index in [2.05, 4.69) is 4.90 Å². The van der Waals surface area contributed by atoms with Gasteiger partial charge in [0.15, 0.2) is 0 Å². The van der Waals surface area contributed by atoms with Crippen LogP contribution < -0.4 is 4.74 Å². The van der Waals surface area contributed by atoms with Crippen LogP contribution in [0.2, 0.25) is 0 Å². The van der Waals surface area contributed by atoms with Crippen LogP contribution in [0.15, 0.2) is 48.0 Å². The van der Waals surface area contributed by atoms with Crippen LogP contribution in [-0.4, -0.2) is 73.1 Å². The minimum Gasteiger partial charge on any atom is -0.507 e. The fraction of sp³-hybridized carbons (Fsp3) is 0.333. The lowest BCUT2D eigenvalue weighted by atomic mass is 9.95. The van der Waals surface area contributed by atoms with Gasteiger partial charge >= 0.3 is 0 Å². The number of morpholine rings is 1. The molecule has 2 aliphatic rings. The molecular formula is C24H24F2N2O5. The number of likely N-dealkylation sites (tertiary alicyclic amines) is 1. The van der Waals surface area contributed by atoms with Gasteiger partial charge in [-0.05, 0) is 35.9 Å². The topological polar surface area (TPSA) is 79.3 Å². The molecule has 1 amide bonds. The fourth-order valence-corrected chi connectivity index (χ4v) is 4.22. The Bertz CT molecular complexity index is 1100. The number of nitrogens with zero attached hydrogens (tertiary/aromatic N) is 2. The number of ketones is 1. The lowest BCUT2D eigenvalue weighted by Crippen LogP contribution is -2.42. The first kappa shape index (κ1) is 22.9. The summed E-state index contributed by atoms with van der Waals surface area (Å²) in [5.74, 6) is -3.38. The summed E-state index contributed by atoms with van der Waals surface area (Å²) in [5.41, 5.74) is 0.0228. The van der Waals surface area contributed by atoms with Crippen molar-refractivity contribution >= 4 is 17.4 Å². The Morgan fingerprint density at radius 2 is 1.82 bits per heavy atom. The monoisotopic (exact) mass is 458 g/mol. The van der Waals surface area contributed by atoms with Crippen LogP contribution in [0.4, 0.5) is 8.78 Å². The molecule has 0 bridgehead atoms. The first-order valence-electron chi connectivity index (χ1n) is 10.6. The molecule has 7 nitrogen and oxygen atoms in total. The molecule has 174 valence electrons. The van der Waals surface area contributed by atoms with Gasteiger partial charge in [0, 0.05) is 26.2 Å². The number of ether oxygens (including phenoxy) is 2. The van der Waals surface area contributed by atoms with Gasteiger partial charge in [0.05, 0.1) is 37.5 Å². The van der Waals surface area contributed by atoms with Crippen molar-refractivity contribution in [2.45, 2.75) is 6.04 Å². The number of hydrogen-bond acceptors (Lipinski definition) is 6. The number of benzene rings is 2. The predicted molar refractivity (Wildman–Crippen MR) is 116 cm³/mol. The van der Waals surface area contributed by atoms with Gasteiger partial charge in [0.25, 0.3) is 11.7 Å². The summed E-state index contributed by atoms with van der Waals surface area (Å²) >= 11 is 0. The van der Waals surface area contributed by atoms with Crippen LogP contribution >= 0.6 is 0 Å². The first-order valence-corrected chi connectivity index (χ1v) is 10.6. The largest absolute Gasteiger partial charge is 0.507 e. The highest BCUT2D eigenvalue weighted by molar-refractivity contribution is 6.46. The van der Waals surface area contributed by atoms with Crippen LogP contribution in [0, 0.1) is 11.6 Å². The number of rotatable bonds is 6. The average molecular weight is 458 g/mol. The summed E-state index contributed by atoms with van der Waals surface area (Å²) < 4.78 is 38.6. The van der Waals surface area contributed by atoms with Crippen LogP contribution in [0.3, 0.4) is 0 Å². The second-order valence-electron chi connectivity index (χ2n) is 7.85. The minimum absolute atomic E-state index is 0.0647. The highest BCUT2D eigenvalue weighted by Crippen LogP contribution is 2.41. The summed E-state index contributed by atoms with van der Waals surface area (Å²) in [6.07, 6.45) is 0. The van der Waals surface area contributed by atoms with Crippen molar-refractivity contribution in [2.24, 2.45) is 0 Å². The van der Waals surface area contributed by atoms with Gasteiger partial charge in [0.2, 0.25) is 0 Å². The lowest BCUT2D eigenvalue weighted by Gasteiger charge is -2.31. The molecule has 2 fully saturated rings. The summed E-state index contributed by atoms with van der Waals surface area (Å²) in [7, 11) is 1.34. The number of methoxy groups -OCH3 is 1. The van der Waals surface area contributed by atoms with Crippen LogP contribution in [0.25, 0.3) is 5.76 Å². The summed E-state index contributed by atoms with van der Waals surface area (Å²) in [4.78, 5) is 29.5.